The molecule has 0 aliphatic carbocycles. The predicted molar refractivity (Wildman–Crippen MR) is 69.9 cm³/mol. The smallest absolute Gasteiger partial charge is 0.157 e. The maximum atomic E-state index is 5.93. The molecule has 6 heteroatoms. The van der Waals surface area contributed by atoms with E-state index in [-0.39, 0.29) is 6.29 Å². The Hall–Kier alpha value is -0.420. The van der Waals surface area contributed by atoms with Crippen molar-refractivity contribution in [2.75, 3.05) is 13.2 Å². The van der Waals surface area contributed by atoms with Gasteiger partial charge >= 0.3 is 0 Å². The summed E-state index contributed by atoms with van der Waals surface area (Å²) in [5.74, 6) is 0. The van der Waals surface area contributed by atoms with Gasteiger partial charge in [-0.3, -0.25) is 0 Å². The van der Waals surface area contributed by atoms with Crippen LogP contribution in [-0.2, 0) is 15.9 Å². The van der Waals surface area contributed by atoms with Gasteiger partial charge in [0, 0.05) is 6.61 Å². The van der Waals surface area contributed by atoms with Crippen molar-refractivity contribution in [2.24, 2.45) is 0 Å². The van der Waals surface area contributed by atoms with E-state index in [1.54, 1.807) is 6.07 Å². The standard InChI is InChI=1S/C12H16Cl2N2O2/c13-10-8-9(12(14)16-15-10)4-3-7-18-11-5-1-2-6-17-11/h8,11H,1-7H2/t11-/m1/s1. The molecule has 1 aliphatic rings. The summed E-state index contributed by atoms with van der Waals surface area (Å²) in [5, 5.41) is 8.22. The molecule has 0 aromatic carbocycles. The van der Waals surface area contributed by atoms with E-state index in [0.717, 1.165) is 37.9 Å². The lowest BCUT2D eigenvalue weighted by Crippen LogP contribution is -2.22. The molecule has 1 atom stereocenters. The average molecular weight is 291 g/mol. The first-order valence-electron chi connectivity index (χ1n) is 6.16. The van der Waals surface area contributed by atoms with Gasteiger partial charge in [-0.2, -0.15) is 0 Å². The number of ether oxygens (including phenoxy) is 2. The van der Waals surface area contributed by atoms with Crippen LogP contribution in [-0.4, -0.2) is 29.7 Å². The third kappa shape index (κ3) is 4.35. The van der Waals surface area contributed by atoms with Crippen molar-refractivity contribution < 1.29 is 9.47 Å². The van der Waals surface area contributed by atoms with Gasteiger partial charge in [-0.05, 0) is 43.7 Å². The molecule has 4 nitrogen and oxygen atoms in total. The van der Waals surface area contributed by atoms with Crippen LogP contribution in [0.15, 0.2) is 6.07 Å². The maximum absolute atomic E-state index is 5.93. The minimum atomic E-state index is -0.0339. The molecule has 1 aromatic heterocycles. The predicted octanol–water partition coefficient (Wildman–Crippen LogP) is 3.26. The van der Waals surface area contributed by atoms with Gasteiger partial charge < -0.3 is 9.47 Å². The van der Waals surface area contributed by atoms with Crippen LogP contribution in [0.1, 0.15) is 31.2 Å². The molecular formula is C12H16Cl2N2O2. The van der Waals surface area contributed by atoms with Crippen molar-refractivity contribution in [3.05, 3.63) is 21.9 Å². The van der Waals surface area contributed by atoms with Crippen LogP contribution in [0.25, 0.3) is 0 Å². The minimum absolute atomic E-state index is 0.0339. The summed E-state index contributed by atoms with van der Waals surface area (Å²) in [7, 11) is 0. The van der Waals surface area contributed by atoms with Crippen LogP contribution in [0.4, 0.5) is 0 Å². The molecule has 0 bridgehead atoms. The third-order valence-electron chi connectivity index (χ3n) is 2.82. The first kappa shape index (κ1) is 14.0. The molecule has 100 valence electrons. The summed E-state index contributed by atoms with van der Waals surface area (Å²) >= 11 is 11.7. The summed E-state index contributed by atoms with van der Waals surface area (Å²) in [5.41, 5.74) is 0.907. The highest BCUT2D eigenvalue weighted by atomic mass is 35.5. The fraction of sp³-hybridized carbons (Fsp3) is 0.667. The van der Waals surface area contributed by atoms with Gasteiger partial charge in [-0.15, -0.1) is 10.2 Å². The number of halogens is 2. The molecule has 0 amide bonds. The first-order chi connectivity index (χ1) is 8.75. The molecule has 0 N–H and O–H groups in total. The monoisotopic (exact) mass is 290 g/mol. The second-order valence-corrected chi connectivity index (χ2v) is 5.00. The number of aryl methyl sites for hydroxylation is 1. The van der Waals surface area contributed by atoms with Crippen LogP contribution in [0.5, 0.6) is 0 Å². The van der Waals surface area contributed by atoms with Gasteiger partial charge in [0.1, 0.15) is 0 Å². The number of rotatable bonds is 5. The van der Waals surface area contributed by atoms with E-state index in [9.17, 15) is 0 Å². The Labute approximate surface area is 117 Å². The lowest BCUT2D eigenvalue weighted by atomic mass is 10.2. The summed E-state index contributed by atoms with van der Waals surface area (Å²) < 4.78 is 11.1. The Morgan fingerprint density at radius 1 is 1.33 bits per heavy atom. The van der Waals surface area contributed by atoms with E-state index >= 15 is 0 Å². The third-order valence-corrected chi connectivity index (χ3v) is 3.33. The Morgan fingerprint density at radius 2 is 2.22 bits per heavy atom. The highest BCUT2D eigenvalue weighted by Crippen LogP contribution is 2.18. The van der Waals surface area contributed by atoms with Gasteiger partial charge in [0.2, 0.25) is 0 Å². The Bertz CT molecular complexity index is 384. The van der Waals surface area contributed by atoms with E-state index < -0.39 is 0 Å². The Kier molecular flexibility index (Phi) is 5.63. The molecule has 0 saturated carbocycles. The second-order valence-electron chi connectivity index (χ2n) is 4.25. The van der Waals surface area contributed by atoms with E-state index in [1.165, 1.54) is 6.42 Å². The van der Waals surface area contributed by atoms with Crippen LogP contribution in [0.3, 0.4) is 0 Å². The highest BCUT2D eigenvalue weighted by Gasteiger charge is 2.13. The van der Waals surface area contributed by atoms with Gasteiger partial charge in [0.15, 0.2) is 16.6 Å². The lowest BCUT2D eigenvalue weighted by Gasteiger charge is -2.22. The molecule has 2 heterocycles. The summed E-state index contributed by atoms with van der Waals surface area (Å²) in [6.45, 7) is 1.46. The van der Waals surface area contributed by atoms with Crippen LogP contribution in [0.2, 0.25) is 10.3 Å². The summed E-state index contributed by atoms with van der Waals surface area (Å²) in [6, 6.07) is 1.74. The topological polar surface area (TPSA) is 44.2 Å². The zero-order valence-corrected chi connectivity index (χ0v) is 11.6. The van der Waals surface area contributed by atoms with Crippen molar-refractivity contribution in [3.8, 4) is 0 Å². The number of hydrogen-bond donors (Lipinski definition) is 0. The molecular weight excluding hydrogens is 275 g/mol. The average Bonchev–Trinajstić information content (AvgIpc) is 2.40. The summed E-state index contributed by atoms with van der Waals surface area (Å²) in [6.07, 6.45) is 4.91. The molecule has 0 unspecified atom stereocenters. The van der Waals surface area contributed by atoms with E-state index in [0.29, 0.717) is 16.9 Å². The quantitative estimate of drug-likeness (QED) is 0.781. The SMILES string of the molecule is Clc1cc(CCCO[C@@H]2CCCCO2)c(Cl)nn1. The first-order valence-corrected chi connectivity index (χ1v) is 6.92. The van der Waals surface area contributed by atoms with E-state index in [4.69, 9.17) is 32.7 Å². The molecule has 0 radical (unpaired) electrons. The Balaban J connectivity index is 1.69. The van der Waals surface area contributed by atoms with Gasteiger partial charge in [0.25, 0.3) is 0 Å². The van der Waals surface area contributed by atoms with Crippen molar-refractivity contribution in [3.63, 3.8) is 0 Å². The minimum Gasteiger partial charge on any atom is -0.353 e. The lowest BCUT2D eigenvalue weighted by molar-refractivity contribution is -0.162. The largest absolute Gasteiger partial charge is 0.353 e. The Morgan fingerprint density at radius 3 is 3.00 bits per heavy atom. The van der Waals surface area contributed by atoms with Gasteiger partial charge in [-0.25, -0.2) is 0 Å². The molecule has 0 spiro atoms. The molecule has 1 saturated heterocycles. The molecule has 1 aromatic rings. The van der Waals surface area contributed by atoms with Crippen molar-refractivity contribution in [1.29, 1.82) is 0 Å². The van der Waals surface area contributed by atoms with Gasteiger partial charge in [-0.1, -0.05) is 23.2 Å². The second kappa shape index (κ2) is 7.24. The molecule has 1 aliphatic heterocycles. The fourth-order valence-electron chi connectivity index (χ4n) is 1.88. The fourth-order valence-corrected chi connectivity index (χ4v) is 2.24. The van der Waals surface area contributed by atoms with Crippen LogP contribution < -0.4 is 0 Å². The van der Waals surface area contributed by atoms with Crippen LogP contribution in [0, 0.1) is 0 Å². The zero-order chi connectivity index (χ0) is 12.8. The number of nitrogens with zero attached hydrogens (tertiary/aromatic N) is 2. The zero-order valence-electron chi connectivity index (χ0n) is 10.1. The molecule has 1 fully saturated rings. The van der Waals surface area contributed by atoms with Crippen molar-refractivity contribution >= 4 is 23.2 Å². The normalized spacial score (nSPS) is 20.0. The number of hydrogen-bond acceptors (Lipinski definition) is 4. The van der Waals surface area contributed by atoms with E-state index in [1.807, 2.05) is 0 Å². The van der Waals surface area contributed by atoms with Crippen molar-refractivity contribution in [1.82, 2.24) is 10.2 Å². The van der Waals surface area contributed by atoms with Crippen molar-refractivity contribution in [2.45, 2.75) is 38.4 Å². The van der Waals surface area contributed by atoms with E-state index in [2.05, 4.69) is 10.2 Å². The molecule has 18 heavy (non-hydrogen) atoms. The van der Waals surface area contributed by atoms with Gasteiger partial charge in [0.05, 0.1) is 6.61 Å². The highest BCUT2D eigenvalue weighted by molar-refractivity contribution is 6.31. The maximum Gasteiger partial charge on any atom is 0.157 e. The van der Waals surface area contributed by atoms with Crippen LogP contribution >= 0.6 is 23.2 Å². The molecule has 2 rings (SSSR count). The number of aromatic nitrogens is 2. The summed E-state index contributed by atoms with van der Waals surface area (Å²) in [4.78, 5) is 0.